The standard InChI is InChI=1S/C15H11FN2OS2/c1-9-7-20-8-11(9)13-6-17-15(21-13)18-14(19)10-4-2-3-5-12(10)16/h2-8H,1H3,(H,17,18,19). The van der Waals surface area contributed by atoms with Crippen LogP contribution in [-0.4, -0.2) is 10.9 Å². The Morgan fingerprint density at radius 2 is 2.10 bits per heavy atom. The summed E-state index contributed by atoms with van der Waals surface area (Å²) in [5, 5.41) is 7.20. The van der Waals surface area contributed by atoms with Crippen molar-refractivity contribution in [3.63, 3.8) is 0 Å². The zero-order chi connectivity index (χ0) is 14.8. The first-order valence-electron chi connectivity index (χ1n) is 6.20. The number of benzene rings is 1. The highest BCUT2D eigenvalue weighted by atomic mass is 32.1. The molecule has 3 nitrogen and oxygen atoms in total. The highest BCUT2D eigenvalue weighted by Gasteiger charge is 2.14. The molecule has 106 valence electrons. The molecule has 2 aromatic heterocycles. The molecule has 0 aliphatic carbocycles. The van der Waals surface area contributed by atoms with E-state index in [0.717, 1.165) is 10.4 Å². The van der Waals surface area contributed by atoms with Gasteiger partial charge in [0.25, 0.3) is 5.91 Å². The van der Waals surface area contributed by atoms with Crippen molar-refractivity contribution in [2.75, 3.05) is 5.32 Å². The van der Waals surface area contributed by atoms with Crippen LogP contribution in [0.25, 0.3) is 10.4 Å². The van der Waals surface area contributed by atoms with Crippen molar-refractivity contribution in [2.24, 2.45) is 0 Å². The molecule has 0 atom stereocenters. The Balaban J connectivity index is 1.81. The number of hydrogen-bond donors (Lipinski definition) is 1. The van der Waals surface area contributed by atoms with Crippen molar-refractivity contribution in [3.05, 3.63) is 58.2 Å². The first-order chi connectivity index (χ1) is 10.1. The molecule has 0 bridgehead atoms. The number of carbonyl (C=O) groups excluding carboxylic acids is 1. The summed E-state index contributed by atoms with van der Waals surface area (Å²) in [5.74, 6) is -1.03. The van der Waals surface area contributed by atoms with Crippen molar-refractivity contribution in [3.8, 4) is 10.4 Å². The topological polar surface area (TPSA) is 42.0 Å². The maximum Gasteiger partial charge on any atom is 0.260 e. The predicted octanol–water partition coefficient (Wildman–Crippen LogP) is 4.57. The number of nitrogens with one attached hydrogen (secondary N) is 1. The minimum absolute atomic E-state index is 0.0148. The number of thiazole rings is 1. The Morgan fingerprint density at radius 3 is 2.81 bits per heavy atom. The molecule has 1 N–H and O–H groups in total. The first-order valence-corrected chi connectivity index (χ1v) is 7.96. The quantitative estimate of drug-likeness (QED) is 0.768. The van der Waals surface area contributed by atoms with Crippen LogP contribution >= 0.6 is 22.7 Å². The molecule has 0 saturated carbocycles. The average Bonchev–Trinajstić information content (AvgIpc) is 3.08. The molecule has 0 unspecified atom stereocenters. The number of carbonyl (C=O) groups is 1. The van der Waals surface area contributed by atoms with Crippen LogP contribution in [0.1, 0.15) is 15.9 Å². The van der Waals surface area contributed by atoms with E-state index in [2.05, 4.69) is 15.7 Å². The maximum atomic E-state index is 13.5. The van der Waals surface area contributed by atoms with Gasteiger partial charge in [-0.05, 0) is 35.4 Å². The first kappa shape index (κ1) is 13.9. The van der Waals surface area contributed by atoms with Gasteiger partial charge in [-0.3, -0.25) is 10.1 Å². The molecule has 0 radical (unpaired) electrons. The third-order valence-corrected chi connectivity index (χ3v) is 4.77. The number of rotatable bonds is 3. The van der Waals surface area contributed by atoms with E-state index in [-0.39, 0.29) is 5.56 Å². The average molecular weight is 318 g/mol. The van der Waals surface area contributed by atoms with E-state index in [4.69, 9.17) is 0 Å². The Labute approximate surface area is 129 Å². The number of halogens is 1. The third kappa shape index (κ3) is 2.86. The summed E-state index contributed by atoms with van der Waals surface area (Å²) in [4.78, 5) is 17.2. The molecule has 1 aromatic carbocycles. The van der Waals surface area contributed by atoms with Gasteiger partial charge in [-0.15, -0.1) is 0 Å². The fraction of sp³-hybridized carbons (Fsp3) is 0.0667. The van der Waals surface area contributed by atoms with Gasteiger partial charge in [0.2, 0.25) is 0 Å². The van der Waals surface area contributed by atoms with Crippen LogP contribution in [0, 0.1) is 12.7 Å². The van der Waals surface area contributed by atoms with Gasteiger partial charge in [-0.2, -0.15) is 11.3 Å². The number of aryl methyl sites for hydroxylation is 1. The molecular formula is C15H11FN2OS2. The fourth-order valence-electron chi connectivity index (χ4n) is 1.88. The van der Waals surface area contributed by atoms with Gasteiger partial charge < -0.3 is 0 Å². The van der Waals surface area contributed by atoms with E-state index < -0.39 is 11.7 Å². The molecular weight excluding hydrogens is 307 g/mol. The molecule has 0 spiro atoms. The number of aromatic nitrogens is 1. The monoisotopic (exact) mass is 318 g/mol. The molecule has 0 saturated heterocycles. The van der Waals surface area contributed by atoms with E-state index in [0.29, 0.717) is 5.13 Å². The maximum absolute atomic E-state index is 13.5. The lowest BCUT2D eigenvalue weighted by Crippen LogP contribution is -2.13. The molecule has 0 aliphatic heterocycles. The minimum atomic E-state index is -0.541. The summed E-state index contributed by atoms with van der Waals surface area (Å²) in [6.07, 6.45) is 1.72. The van der Waals surface area contributed by atoms with Gasteiger partial charge in [-0.25, -0.2) is 9.37 Å². The molecule has 0 fully saturated rings. The lowest BCUT2D eigenvalue weighted by molar-refractivity contribution is 0.102. The van der Waals surface area contributed by atoms with E-state index in [1.165, 1.54) is 29.0 Å². The lowest BCUT2D eigenvalue weighted by atomic mass is 10.2. The van der Waals surface area contributed by atoms with Crippen LogP contribution in [0.4, 0.5) is 9.52 Å². The van der Waals surface area contributed by atoms with Crippen molar-refractivity contribution >= 4 is 33.7 Å². The second kappa shape index (κ2) is 5.75. The van der Waals surface area contributed by atoms with Gasteiger partial charge in [0.05, 0.1) is 10.4 Å². The predicted molar refractivity (Wildman–Crippen MR) is 84.5 cm³/mol. The van der Waals surface area contributed by atoms with E-state index >= 15 is 0 Å². The Morgan fingerprint density at radius 1 is 1.29 bits per heavy atom. The van der Waals surface area contributed by atoms with Gasteiger partial charge in [0.15, 0.2) is 5.13 Å². The van der Waals surface area contributed by atoms with E-state index in [1.807, 2.05) is 12.3 Å². The second-order valence-electron chi connectivity index (χ2n) is 4.43. The summed E-state index contributed by atoms with van der Waals surface area (Å²) < 4.78 is 13.5. The van der Waals surface area contributed by atoms with Crippen LogP contribution in [0.3, 0.4) is 0 Å². The van der Waals surface area contributed by atoms with E-state index in [1.54, 1.807) is 29.7 Å². The number of thiophene rings is 1. The van der Waals surface area contributed by atoms with Crippen LogP contribution in [0.15, 0.2) is 41.2 Å². The number of anilines is 1. The fourth-order valence-corrected chi connectivity index (χ4v) is 3.69. The number of amides is 1. The lowest BCUT2D eigenvalue weighted by Gasteiger charge is -2.02. The van der Waals surface area contributed by atoms with Crippen molar-refractivity contribution in [2.45, 2.75) is 6.92 Å². The van der Waals surface area contributed by atoms with Gasteiger partial charge in [0, 0.05) is 11.8 Å². The molecule has 1 amide bonds. The van der Waals surface area contributed by atoms with Crippen LogP contribution in [-0.2, 0) is 0 Å². The summed E-state index contributed by atoms with van der Waals surface area (Å²) in [6.45, 7) is 2.03. The van der Waals surface area contributed by atoms with Crippen LogP contribution in [0.2, 0.25) is 0 Å². The minimum Gasteiger partial charge on any atom is -0.298 e. The van der Waals surface area contributed by atoms with E-state index in [9.17, 15) is 9.18 Å². The molecule has 2 heterocycles. The zero-order valence-electron chi connectivity index (χ0n) is 11.1. The van der Waals surface area contributed by atoms with Gasteiger partial charge in [-0.1, -0.05) is 23.5 Å². The smallest absolute Gasteiger partial charge is 0.260 e. The van der Waals surface area contributed by atoms with Gasteiger partial charge >= 0.3 is 0 Å². The van der Waals surface area contributed by atoms with Crippen LogP contribution in [0.5, 0.6) is 0 Å². The summed E-state index contributed by atoms with van der Waals surface area (Å²) >= 11 is 3.00. The number of nitrogens with zero attached hydrogens (tertiary/aromatic N) is 1. The molecule has 3 rings (SSSR count). The summed E-state index contributed by atoms with van der Waals surface area (Å²) in [7, 11) is 0. The Bertz CT molecular complexity index is 794. The summed E-state index contributed by atoms with van der Waals surface area (Å²) in [5.41, 5.74) is 2.31. The Kier molecular flexibility index (Phi) is 3.81. The normalized spacial score (nSPS) is 10.6. The van der Waals surface area contributed by atoms with Gasteiger partial charge in [0.1, 0.15) is 5.82 Å². The molecule has 6 heteroatoms. The SMILES string of the molecule is Cc1cscc1-c1cnc(NC(=O)c2ccccc2F)s1. The highest BCUT2D eigenvalue weighted by Crippen LogP contribution is 2.33. The van der Waals surface area contributed by atoms with Crippen molar-refractivity contribution in [1.82, 2.24) is 4.98 Å². The second-order valence-corrected chi connectivity index (χ2v) is 6.21. The zero-order valence-corrected chi connectivity index (χ0v) is 12.7. The Hall–Kier alpha value is -2.05. The van der Waals surface area contributed by atoms with Crippen molar-refractivity contribution in [1.29, 1.82) is 0 Å². The molecule has 0 aliphatic rings. The highest BCUT2D eigenvalue weighted by molar-refractivity contribution is 7.19. The molecule has 21 heavy (non-hydrogen) atoms. The largest absolute Gasteiger partial charge is 0.298 e. The number of hydrogen-bond acceptors (Lipinski definition) is 4. The molecule has 3 aromatic rings. The third-order valence-electron chi connectivity index (χ3n) is 2.97. The van der Waals surface area contributed by atoms with Crippen LogP contribution < -0.4 is 5.32 Å². The summed E-state index contributed by atoms with van der Waals surface area (Å²) in [6, 6.07) is 5.88. The van der Waals surface area contributed by atoms with Crippen molar-refractivity contribution < 1.29 is 9.18 Å².